The fraction of sp³-hybridized carbons (Fsp3) is 0.579. The SMILES string of the molecule is COc1ccc2c(c1)CCN(C1CCN(C(=O)O[C@H](Cc3cc(C)c(OC(C)=O)c(C)c3)C(=O)N3CCN(C4CCOCC4)CC3)CC1)C(=O)N2. The van der Waals surface area contributed by atoms with E-state index in [0.717, 1.165) is 72.8 Å². The average Bonchev–Trinajstić information content (AvgIpc) is 3.30. The quantitative estimate of drug-likeness (QED) is 0.318. The lowest BCUT2D eigenvalue weighted by atomic mass is 10.00. The number of nitrogens with zero attached hydrogens (tertiary/aromatic N) is 4. The van der Waals surface area contributed by atoms with Crippen molar-refractivity contribution in [3.8, 4) is 11.5 Å². The van der Waals surface area contributed by atoms with E-state index in [2.05, 4.69) is 10.2 Å². The maximum absolute atomic E-state index is 14.1. The van der Waals surface area contributed by atoms with Crippen LogP contribution in [0.15, 0.2) is 30.3 Å². The van der Waals surface area contributed by atoms with Gasteiger partial charge in [-0.25, -0.2) is 9.59 Å². The fourth-order valence-electron chi connectivity index (χ4n) is 7.88. The van der Waals surface area contributed by atoms with E-state index in [4.69, 9.17) is 18.9 Å². The van der Waals surface area contributed by atoms with E-state index in [0.29, 0.717) is 63.8 Å². The number of urea groups is 1. The molecule has 0 radical (unpaired) electrons. The zero-order valence-electron chi connectivity index (χ0n) is 30.3. The average molecular weight is 706 g/mol. The predicted octanol–water partition coefficient (Wildman–Crippen LogP) is 4.16. The monoisotopic (exact) mass is 705 g/mol. The number of carbonyl (C=O) groups excluding carboxylic acids is 4. The number of hydrogen-bond acceptors (Lipinski definition) is 9. The highest BCUT2D eigenvalue weighted by Crippen LogP contribution is 2.29. The number of fused-ring (bicyclic) bond motifs is 1. The van der Waals surface area contributed by atoms with Gasteiger partial charge in [0.25, 0.3) is 5.91 Å². The summed E-state index contributed by atoms with van der Waals surface area (Å²) in [6, 6.07) is 9.72. The molecule has 13 nitrogen and oxygen atoms in total. The molecular formula is C38H51N5O8. The zero-order valence-corrected chi connectivity index (χ0v) is 30.3. The largest absolute Gasteiger partial charge is 0.497 e. The third-order valence-corrected chi connectivity index (χ3v) is 10.6. The fourth-order valence-corrected chi connectivity index (χ4v) is 7.88. The summed E-state index contributed by atoms with van der Waals surface area (Å²) in [5.41, 5.74) is 4.17. The Balaban J connectivity index is 1.10. The summed E-state index contributed by atoms with van der Waals surface area (Å²) in [6.45, 7) is 10.7. The molecule has 276 valence electrons. The third kappa shape index (κ3) is 8.75. The van der Waals surface area contributed by atoms with Crippen molar-refractivity contribution >= 4 is 29.7 Å². The topological polar surface area (TPSA) is 130 Å². The summed E-state index contributed by atoms with van der Waals surface area (Å²) in [6.07, 6.45) is 2.55. The molecule has 4 aliphatic heterocycles. The lowest BCUT2D eigenvalue weighted by molar-refractivity contribution is -0.143. The number of methoxy groups -OCH3 is 1. The molecule has 13 heteroatoms. The molecular weight excluding hydrogens is 654 g/mol. The van der Waals surface area contributed by atoms with E-state index in [1.807, 2.05) is 54.0 Å². The summed E-state index contributed by atoms with van der Waals surface area (Å²) in [7, 11) is 1.63. The van der Waals surface area contributed by atoms with Crippen LogP contribution in [0, 0.1) is 13.8 Å². The molecule has 0 bridgehead atoms. The zero-order chi connectivity index (χ0) is 36.1. The summed E-state index contributed by atoms with van der Waals surface area (Å²) >= 11 is 0. The number of rotatable bonds is 8. The molecule has 4 amide bonds. The molecule has 1 N–H and O–H groups in total. The van der Waals surface area contributed by atoms with Gasteiger partial charge in [-0.1, -0.05) is 12.1 Å². The first-order chi connectivity index (χ1) is 24.6. The van der Waals surface area contributed by atoms with Crippen LogP contribution in [0.5, 0.6) is 11.5 Å². The normalized spacial score (nSPS) is 19.8. The van der Waals surface area contributed by atoms with Gasteiger partial charge in [0, 0.05) is 90.1 Å². The minimum Gasteiger partial charge on any atom is -0.497 e. The van der Waals surface area contributed by atoms with Crippen LogP contribution < -0.4 is 14.8 Å². The van der Waals surface area contributed by atoms with Gasteiger partial charge in [-0.2, -0.15) is 0 Å². The molecule has 51 heavy (non-hydrogen) atoms. The standard InChI is InChI=1S/C38H51N5O8/c1-25-21-28(22-26(2)35(25)50-27(3)44)23-34(36(45)41-17-15-40(16-18-41)30-10-19-49-20-11-30)51-38(47)42-12-8-31(9-13-42)43-14-7-29-24-32(48-4)5-6-33(29)39-37(43)46/h5-6,21-22,24,30-31,34H,7-20,23H2,1-4H3,(H,39,46)/t34-/m1/s1. The number of hydrogen-bond donors (Lipinski definition) is 1. The van der Waals surface area contributed by atoms with Crippen LogP contribution in [0.1, 0.15) is 54.9 Å². The molecule has 2 aromatic rings. The van der Waals surface area contributed by atoms with E-state index in [-0.39, 0.29) is 24.4 Å². The van der Waals surface area contributed by atoms with Crippen molar-refractivity contribution in [2.75, 3.05) is 71.5 Å². The number of nitrogens with one attached hydrogen (secondary N) is 1. The van der Waals surface area contributed by atoms with Crippen molar-refractivity contribution < 1.29 is 38.1 Å². The van der Waals surface area contributed by atoms with Crippen molar-refractivity contribution in [1.29, 1.82) is 0 Å². The molecule has 3 fully saturated rings. The molecule has 2 aromatic carbocycles. The summed E-state index contributed by atoms with van der Waals surface area (Å²) < 4.78 is 22.4. The Morgan fingerprint density at radius 1 is 0.882 bits per heavy atom. The highest BCUT2D eigenvalue weighted by Gasteiger charge is 2.36. The van der Waals surface area contributed by atoms with Gasteiger partial charge in [-0.05, 0) is 86.4 Å². The van der Waals surface area contributed by atoms with Crippen molar-refractivity contribution in [2.45, 2.75) is 77.5 Å². The Hall–Kier alpha value is -4.36. The number of carbonyl (C=O) groups is 4. The molecule has 4 aliphatic rings. The summed E-state index contributed by atoms with van der Waals surface area (Å²) in [4.78, 5) is 60.5. The smallest absolute Gasteiger partial charge is 0.410 e. The molecule has 3 saturated heterocycles. The Morgan fingerprint density at radius 2 is 1.57 bits per heavy atom. The van der Waals surface area contributed by atoms with Crippen LogP contribution in [0.4, 0.5) is 15.3 Å². The van der Waals surface area contributed by atoms with Gasteiger partial charge < -0.3 is 39.0 Å². The van der Waals surface area contributed by atoms with Crippen LogP contribution in [0.2, 0.25) is 0 Å². The van der Waals surface area contributed by atoms with E-state index in [1.54, 1.807) is 12.0 Å². The van der Waals surface area contributed by atoms with Crippen molar-refractivity contribution in [2.24, 2.45) is 0 Å². The molecule has 0 unspecified atom stereocenters. The van der Waals surface area contributed by atoms with Gasteiger partial charge in [0.05, 0.1) is 7.11 Å². The lowest BCUT2D eigenvalue weighted by Gasteiger charge is -2.41. The van der Waals surface area contributed by atoms with Crippen LogP contribution in [-0.4, -0.2) is 128 Å². The van der Waals surface area contributed by atoms with E-state index >= 15 is 0 Å². The third-order valence-electron chi connectivity index (χ3n) is 10.6. The van der Waals surface area contributed by atoms with Crippen LogP contribution in [0.25, 0.3) is 0 Å². The first-order valence-corrected chi connectivity index (χ1v) is 18.2. The second-order valence-corrected chi connectivity index (χ2v) is 14.0. The number of benzene rings is 2. The van der Waals surface area contributed by atoms with Crippen molar-refractivity contribution in [1.82, 2.24) is 19.6 Å². The van der Waals surface area contributed by atoms with E-state index in [1.165, 1.54) is 6.92 Å². The van der Waals surface area contributed by atoms with Gasteiger partial charge in [-0.15, -0.1) is 0 Å². The molecule has 0 aromatic heterocycles. The van der Waals surface area contributed by atoms with E-state index < -0.39 is 18.2 Å². The molecule has 0 aliphatic carbocycles. The number of likely N-dealkylation sites (tertiary alicyclic amines) is 1. The van der Waals surface area contributed by atoms with Gasteiger partial charge in [0.15, 0.2) is 6.10 Å². The van der Waals surface area contributed by atoms with Crippen LogP contribution in [-0.2, 0) is 31.9 Å². The maximum Gasteiger partial charge on any atom is 0.410 e. The number of amides is 4. The number of anilines is 1. The Kier molecular flexibility index (Phi) is 11.7. The highest BCUT2D eigenvalue weighted by molar-refractivity contribution is 5.91. The number of piperazine rings is 1. The Morgan fingerprint density at radius 3 is 2.22 bits per heavy atom. The van der Waals surface area contributed by atoms with Gasteiger partial charge in [0.2, 0.25) is 0 Å². The number of ether oxygens (including phenoxy) is 4. The number of esters is 1. The van der Waals surface area contributed by atoms with Crippen molar-refractivity contribution in [3.63, 3.8) is 0 Å². The second-order valence-electron chi connectivity index (χ2n) is 14.0. The maximum atomic E-state index is 14.1. The summed E-state index contributed by atoms with van der Waals surface area (Å²) in [5.74, 6) is 0.644. The molecule has 4 heterocycles. The Bertz CT molecular complexity index is 1570. The Labute approximate surface area is 300 Å². The van der Waals surface area contributed by atoms with Gasteiger partial charge >= 0.3 is 18.1 Å². The van der Waals surface area contributed by atoms with Crippen molar-refractivity contribution in [3.05, 3.63) is 52.6 Å². The first kappa shape index (κ1) is 36.4. The minimum absolute atomic E-state index is 0.0311. The first-order valence-electron chi connectivity index (χ1n) is 18.2. The second kappa shape index (κ2) is 16.3. The van der Waals surface area contributed by atoms with E-state index in [9.17, 15) is 19.2 Å². The number of piperidine rings is 1. The molecule has 0 spiro atoms. The van der Waals surface area contributed by atoms with Gasteiger partial charge in [0.1, 0.15) is 11.5 Å². The van der Waals surface area contributed by atoms with Crippen LogP contribution >= 0.6 is 0 Å². The lowest BCUT2D eigenvalue weighted by Crippen LogP contribution is -2.56. The number of aryl methyl sites for hydroxylation is 2. The van der Waals surface area contributed by atoms with Crippen LogP contribution in [0.3, 0.4) is 0 Å². The highest BCUT2D eigenvalue weighted by atomic mass is 16.6. The molecule has 1 atom stereocenters. The summed E-state index contributed by atoms with van der Waals surface area (Å²) in [5, 5.41) is 3.04. The predicted molar refractivity (Wildman–Crippen MR) is 190 cm³/mol. The minimum atomic E-state index is -1.02. The molecule has 0 saturated carbocycles. The van der Waals surface area contributed by atoms with Gasteiger partial charge in [-0.3, -0.25) is 14.5 Å². The molecule has 6 rings (SSSR count).